The van der Waals surface area contributed by atoms with Gasteiger partial charge >= 0.3 is 0 Å². The van der Waals surface area contributed by atoms with Crippen molar-refractivity contribution in [2.24, 2.45) is 11.3 Å². The van der Waals surface area contributed by atoms with Crippen molar-refractivity contribution in [3.63, 3.8) is 0 Å². The van der Waals surface area contributed by atoms with Crippen molar-refractivity contribution >= 4 is 11.3 Å². The molecule has 1 atom stereocenters. The number of thiophene rings is 1. The minimum atomic E-state index is 0.383. The van der Waals surface area contributed by atoms with Crippen LogP contribution in [-0.2, 0) is 6.54 Å². The molecule has 0 aromatic carbocycles. The number of aliphatic hydroxyl groups excluding tert-OH is 1. The predicted octanol–water partition coefficient (Wildman–Crippen LogP) is 2.81. The maximum absolute atomic E-state index is 9.91. The SMILES string of the molecule is OCC1CN(C2CCC2)CC12CCN(Cc1ccsc1)CC2. The van der Waals surface area contributed by atoms with E-state index in [0.29, 0.717) is 17.9 Å². The molecule has 3 aliphatic rings. The first-order valence-corrected chi connectivity index (χ1v) is 9.82. The first kappa shape index (κ1) is 15.1. The molecule has 1 aromatic rings. The molecule has 3 heterocycles. The van der Waals surface area contributed by atoms with Crippen LogP contribution in [0.1, 0.15) is 37.7 Å². The largest absolute Gasteiger partial charge is 0.396 e. The van der Waals surface area contributed by atoms with Gasteiger partial charge < -0.3 is 5.11 Å². The zero-order valence-electron chi connectivity index (χ0n) is 13.4. The molecule has 1 saturated carbocycles. The normalized spacial score (nSPS) is 30.0. The molecular weight excluding hydrogens is 292 g/mol. The summed E-state index contributed by atoms with van der Waals surface area (Å²) in [5, 5.41) is 14.4. The Kier molecular flexibility index (Phi) is 4.29. The molecule has 1 spiro atoms. The summed E-state index contributed by atoms with van der Waals surface area (Å²) in [6.45, 7) is 6.28. The molecule has 1 aromatic heterocycles. The highest BCUT2D eigenvalue weighted by Gasteiger charge is 2.49. The van der Waals surface area contributed by atoms with E-state index < -0.39 is 0 Å². The quantitative estimate of drug-likeness (QED) is 0.924. The van der Waals surface area contributed by atoms with Crippen LogP contribution in [0.4, 0.5) is 0 Å². The molecule has 0 amide bonds. The number of piperidine rings is 1. The smallest absolute Gasteiger partial charge is 0.0477 e. The number of hydrogen-bond acceptors (Lipinski definition) is 4. The van der Waals surface area contributed by atoms with Gasteiger partial charge in [-0.3, -0.25) is 9.80 Å². The number of aliphatic hydroxyl groups is 1. The van der Waals surface area contributed by atoms with Gasteiger partial charge in [0.2, 0.25) is 0 Å². The van der Waals surface area contributed by atoms with Gasteiger partial charge in [0.1, 0.15) is 0 Å². The van der Waals surface area contributed by atoms with Crippen LogP contribution in [-0.4, -0.2) is 53.7 Å². The highest BCUT2D eigenvalue weighted by Crippen LogP contribution is 2.46. The van der Waals surface area contributed by atoms with Crippen LogP contribution in [0.25, 0.3) is 0 Å². The van der Waals surface area contributed by atoms with Crippen LogP contribution in [0.5, 0.6) is 0 Å². The average molecular weight is 321 g/mol. The summed E-state index contributed by atoms with van der Waals surface area (Å²) in [6.07, 6.45) is 6.72. The maximum atomic E-state index is 9.91. The van der Waals surface area contributed by atoms with E-state index in [-0.39, 0.29) is 0 Å². The van der Waals surface area contributed by atoms with Gasteiger partial charge in [-0.05, 0) is 66.6 Å². The third-order valence-corrected chi connectivity index (χ3v) is 7.22. The van der Waals surface area contributed by atoms with Gasteiger partial charge in [-0.25, -0.2) is 0 Å². The lowest BCUT2D eigenvalue weighted by molar-refractivity contribution is 0.0454. The fourth-order valence-electron chi connectivity index (χ4n) is 4.72. The zero-order valence-corrected chi connectivity index (χ0v) is 14.2. The molecule has 3 fully saturated rings. The molecule has 4 rings (SSSR count). The summed E-state index contributed by atoms with van der Waals surface area (Å²) >= 11 is 1.80. The third kappa shape index (κ3) is 2.75. The van der Waals surface area contributed by atoms with Crippen LogP contribution in [0.15, 0.2) is 16.8 Å². The first-order valence-electron chi connectivity index (χ1n) is 8.87. The molecular formula is C18H28N2OS. The molecule has 2 aliphatic heterocycles. The Morgan fingerprint density at radius 2 is 2.09 bits per heavy atom. The Morgan fingerprint density at radius 1 is 1.27 bits per heavy atom. The van der Waals surface area contributed by atoms with E-state index in [1.165, 1.54) is 57.3 Å². The summed E-state index contributed by atoms with van der Waals surface area (Å²) in [6, 6.07) is 3.08. The van der Waals surface area contributed by atoms with Crippen LogP contribution in [0.2, 0.25) is 0 Å². The second kappa shape index (κ2) is 6.23. The van der Waals surface area contributed by atoms with Crippen LogP contribution >= 0.6 is 11.3 Å². The molecule has 3 nitrogen and oxygen atoms in total. The van der Waals surface area contributed by atoms with Gasteiger partial charge in [-0.15, -0.1) is 0 Å². The molecule has 4 heteroatoms. The molecule has 1 aliphatic carbocycles. The monoisotopic (exact) mass is 320 g/mol. The van der Waals surface area contributed by atoms with E-state index in [1.54, 1.807) is 11.3 Å². The van der Waals surface area contributed by atoms with Gasteiger partial charge in [0.15, 0.2) is 0 Å². The Bertz CT molecular complexity index is 477. The number of hydrogen-bond donors (Lipinski definition) is 1. The summed E-state index contributed by atoms with van der Waals surface area (Å²) in [4.78, 5) is 5.31. The Balaban J connectivity index is 1.37. The van der Waals surface area contributed by atoms with Crippen molar-refractivity contribution in [2.45, 2.75) is 44.7 Å². The second-order valence-corrected chi connectivity index (χ2v) is 8.44. The highest BCUT2D eigenvalue weighted by atomic mass is 32.1. The lowest BCUT2D eigenvalue weighted by Crippen LogP contribution is -2.45. The van der Waals surface area contributed by atoms with Crippen molar-refractivity contribution in [2.75, 3.05) is 32.8 Å². The summed E-state index contributed by atoms with van der Waals surface area (Å²) in [7, 11) is 0. The molecule has 2 saturated heterocycles. The van der Waals surface area contributed by atoms with Crippen molar-refractivity contribution in [3.05, 3.63) is 22.4 Å². The summed E-state index contributed by atoms with van der Waals surface area (Å²) in [5.41, 5.74) is 1.86. The van der Waals surface area contributed by atoms with Gasteiger partial charge in [0.25, 0.3) is 0 Å². The fourth-order valence-corrected chi connectivity index (χ4v) is 5.38. The van der Waals surface area contributed by atoms with Crippen LogP contribution < -0.4 is 0 Å². The molecule has 0 radical (unpaired) electrons. The minimum absolute atomic E-state index is 0.383. The maximum Gasteiger partial charge on any atom is 0.0477 e. The van der Waals surface area contributed by atoms with E-state index >= 15 is 0 Å². The van der Waals surface area contributed by atoms with Crippen molar-refractivity contribution < 1.29 is 5.11 Å². The second-order valence-electron chi connectivity index (χ2n) is 7.66. The summed E-state index contributed by atoms with van der Waals surface area (Å²) < 4.78 is 0. The van der Waals surface area contributed by atoms with Crippen molar-refractivity contribution in [1.29, 1.82) is 0 Å². The van der Waals surface area contributed by atoms with Crippen LogP contribution in [0, 0.1) is 11.3 Å². The van der Waals surface area contributed by atoms with Gasteiger partial charge in [-0.2, -0.15) is 11.3 Å². The molecule has 1 unspecified atom stereocenters. The van der Waals surface area contributed by atoms with Crippen molar-refractivity contribution in [3.8, 4) is 0 Å². The predicted molar refractivity (Wildman–Crippen MR) is 91.1 cm³/mol. The highest BCUT2D eigenvalue weighted by molar-refractivity contribution is 7.07. The van der Waals surface area contributed by atoms with E-state index in [9.17, 15) is 5.11 Å². The van der Waals surface area contributed by atoms with Crippen LogP contribution in [0.3, 0.4) is 0 Å². The molecule has 1 N–H and O–H groups in total. The Hall–Kier alpha value is -0.420. The molecule has 122 valence electrons. The van der Waals surface area contributed by atoms with E-state index in [0.717, 1.165) is 19.1 Å². The van der Waals surface area contributed by atoms with Crippen molar-refractivity contribution in [1.82, 2.24) is 9.80 Å². The lowest BCUT2D eigenvalue weighted by atomic mass is 9.71. The van der Waals surface area contributed by atoms with E-state index in [4.69, 9.17) is 0 Å². The third-order valence-electron chi connectivity index (χ3n) is 6.49. The standard InChI is InChI=1S/C18H28N2OS/c21-12-16-11-20(17-2-1-3-17)14-18(16)5-7-19(8-6-18)10-15-4-9-22-13-15/h4,9,13,16-17,21H,1-3,5-8,10-12,14H2. The average Bonchev–Trinajstić information content (AvgIpc) is 3.08. The van der Waals surface area contributed by atoms with E-state index in [2.05, 4.69) is 26.6 Å². The number of nitrogens with zero attached hydrogens (tertiary/aromatic N) is 2. The molecule has 0 bridgehead atoms. The topological polar surface area (TPSA) is 26.7 Å². The molecule has 22 heavy (non-hydrogen) atoms. The zero-order chi connectivity index (χ0) is 15.0. The summed E-state index contributed by atoms with van der Waals surface area (Å²) in [5.74, 6) is 0.511. The van der Waals surface area contributed by atoms with Gasteiger partial charge in [0.05, 0.1) is 0 Å². The number of rotatable bonds is 4. The first-order chi connectivity index (χ1) is 10.8. The Labute approximate surface area is 137 Å². The minimum Gasteiger partial charge on any atom is -0.396 e. The van der Waals surface area contributed by atoms with Gasteiger partial charge in [0, 0.05) is 38.2 Å². The van der Waals surface area contributed by atoms with E-state index in [1.807, 2.05) is 0 Å². The number of likely N-dealkylation sites (tertiary alicyclic amines) is 2. The van der Waals surface area contributed by atoms with Gasteiger partial charge in [-0.1, -0.05) is 6.42 Å². The fraction of sp³-hybridized carbons (Fsp3) is 0.778. The lowest BCUT2D eigenvalue weighted by Gasteiger charge is -2.43. The Morgan fingerprint density at radius 3 is 2.68 bits per heavy atom.